The van der Waals surface area contributed by atoms with E-state index in [1.165, 1.54) is 11.1 Å². The molecule has 0 aromatic rings. The molecule has 62 valence electrons. The molecule has 0 amide bonds. The van der Waals surface area contributed by atoms with Gasteiger partial charge in [-0.15, -0.1) is 0 Å². The van der Waals surface area contributed by atoms with Gasteiger partial charge in [0.05, 0.1) is 0 Å². The first-order valence-corrected chi connectivity index (χ1v) is 5.29. The summed E-state index contributed by atoms with van der Waals surface area (Å²) in [5.41, 5.74) is 8.04. The van der Waals surface area contributed by atoms with Crippen molar-refractivity contribution in [1.29, 1.82) is 0 Å². The molecule has 0 spiro atoms. The van der Waals surface area contributed by atoms with Gasteiger partial charge >= 0.3 is 94.4 Å². The number of hydrogen-bond acceptors (Lipinski definition) is 1. The summed E-state index contributed by atoms with van der Waals surface area (Å²) in [6.45, 7) is 6.31. The van der Waals surface area contributed by atoms with Crippen molar-refractivity contribution in [3.63, 3.8) is 0 Å². The quantitative estimate of drug-likeness (QED) is 0.742. The number of nitrogens with two attached hydrogens (primary N) is 1. The average molecular weight is 237 g/mol. The molecule has 0 aliphatic heterocycles. The third-order valence-electron chi connectivity index (χ3n) is 1.58. The molecule has 12 heavy (non-hydrogen) atoms. The van der Waals surface area contributed by atoms with Gasteiger partial charge in [0.1, 0.15) is 0 Å². The summed E-state index contributed by atoms with van der Waals surface area (Å²) in [4.78, 5) is 0. The predicted molar refractivity (Wildman–Crippen MR) is 49.6 cm³/mol. The maximum absolute atomic E-state index is 5.54. The normalized spacial score (nSPS) is 12.7. The Labute approximate surface area is 93.9 Å². The van der Waals surface area contributed by atoms with E-state index >= 15 is 0 Å². The second-order valence-electron chi connectivity index (χ2n) is 2.49. The molecule has 0 rings (SSSR count). The average Bonchev–Trinajstić information content (AvgIpc) is 2.11. The predicted octanol–water partition coefficient (Wildman–Crippen LogP) is 1.90. The van der Waals surface area contributed by atoms with Crippen molar-refractivity contribution in [2.75, 3.05) is 6.54 Å². The first kappa shape index (κ1) is 12.1. The Morgan fingerprint density at radius 1 is 1.67 bits per heavy atom. The Balaban J connectivity index is 4.55. The molecule has 0 unspecified atom stereocenters. The van der Waals surface area contributed by atoms with Crippen LogP contribution in [0.25, 0.3) is 0 Å². The summed E-state index contributed by atoms with van der Waals surface area (Å²) in [5.74, 6) is 0. The van der Waals surface area contributed by atoms with Gasteiger partial charge in [0.15, 0.2) is 0 Å². The molecular formula is C10H14NY. The van der Waals surface area contributed by atoms with Crippen LogP contribution in [-0.4, -0.2) is 6.54 Å². The summed E-state index contributed by atoms with van der Waals surface area (Å²) in [7, 11) is 0. The Hall–Kier alpha value is 0.0639. The van der Waals surface area contributed by atoms with Gasteiger partial charge in [-0.1, -0.05) is 0 Å². The fraction of sp³-hybridized carbons (Fsp3) is 0.300. The van der Waals surface area contributed by atoms with Gasteiger partial charge < -0.3 is 0 Å². The number of allylic oxidation sites excluding steroid dienone is 4. The van der Waals surface area contributed by atoms with E-state index < -0.39 is 0 Å². The molecule has 0 radical (unpaired) electrons. The summed E-state index contributed by atoms with van der Waals surface area (Å²) in [6, 6.07) is 0. The molecule has 0 atom stereocenters. The molecule has 0 bridgehead atoms. The van der Waals surface area contributed by atoms with Crippen LogP contribution >= 0.6 is 0 Å². The molecule has 0 aliphatic rings. The Morgan fingerprint density at radius 3 is 2.75 bits per heavy atom. The maximum atomic E-state index is 5.54. The Morgan fingerprint density at radius 2 is 2.33 bits per heavy atom. The van der Waals surface area contributed by atoms with Gasteiger partial charge in [-0.25, -0.2) is 0 Å². The zero-order valence-corrected chi connectivity index (χ0v) is 10.3. The summed E-state index contributed by atoms with van der Waals surface area (Å²) >= 11 is 1.07. The van der Waals surface area contributed by atoms with Crippen LogP contribution in [0.5, 0.6) is 0 Å². The van der Waals surface area contributed by atoms with E-state index in [1.807, 2.05) is 6.08 Å². The van der Waals surface area contributed by atoms with Crippen LogP contribution in [-0.2, 0) is 30.2 Å². The summed E-state index contributed by atoms with van der Waals surface area (Å²) in [6.07, 6.45) is 6.68. The van der Waals surface area contributed by atoms with Gasteiger partial charge in [-0.05, 0) is 0 Å². The monoisotopic (exact) mass is 237 g/mol. The molecule has 0 fully saturated rings. The molecule has 0 heterocycles. The third-order valence-corrected chi connectivity index (χ3v) is 2.08. The topological polar surface area (TPSA) is 26.0 Å². The second-order valence-corrected chi connectivity index (χ2v) is 3.49. The first-order valence-electron chi connectivity index (χ1n) is 3.87. The van der Waals surface area contributed by atoms with Crippen LogP contribution in [0.3, 0.4) is 0 Å². The van der Waals surface area contributed by atoms with Crippen LogP contribution in [0.2, 0.25) is 0 Å². The van der Waals surface area contributed by atoms with Gasteiger partial charge in [-0.2, -0.15) is 0 Å². The Bertz CT molecular complexity index is 243. The molecule has 0 saturated carbocycles. The molecule has 0 aromatic carbocycles. The van der Waals surface area contributed by atoms with Gasteiger partial charge in [0.25, 0.3) is 0 Å². The van der Waals surface area contributed by atoms with Crippen molar-refractivity contribution < 1.29 is 30.2 Å². The molecule has 0 saturated heterocycles. The van der Waals surface area contributed by atoms with Crippen molar-refractivity contribution in [2.24, 2.45) is 5.73 Å². The molecule has 1 nitrogen and oxygen atoms in total. The van der Waals surface area contributed by atoms with Gasteiger partial charge in [-0.3, -0.25) is 0 Å². The third kappa shape index (κ3) is 4.84. The zero-order valence-electron chi connectivity index (χ0n) is 7.51. The van der Waals surface area contributed by atoms with E-state index in [0.29, 0.717) is 6.54 Å². The van der Waals surface area contributed by atoms with Crippen molar-refractivity contribution in [3.05, 3.63) is 36.0 Å². The second kappa shape index (κ2) is 7.70. The van der Waals surface area contributed by atoms with Gasteiger partial charge in [0, 0.05) is 0 Å². The summed E-state index contributed by atoms with van der Waals surface area (Å²) < 4.78 is 3.22. The van der Waals surface area contributed by atoms with Crippen molar-refractivity contribution >= 4 is 0 Å². The molecule has 2 N–H and O–H groups in total. The van der Waals surface area contributed by atoms with E-state index in [9.17, 15) is 0 Å². The van der Waals surface area contributed by atoms with Crippen LogP contribution in [0.4, 0.5) is 0 Å². The van der Waals surface area contributed by atoms with E-state index in [4.69, 9.17) is 5.73 Å². The van der Waals surface area contributed by atoms with Crippen molar-refractivity contribution in [1.82, 2.24) is 0 Å². The number of rotatable bonds is 4. The molecule has 2 heteroatoms. The van der Waals surface area contributed by atoms with Crippen molar-refractivity contribution in [2.45, 2.75) is 13.3 Å². The fourth-order valence-corrected chi connectivity index (χ4v) is 1.32. The van der Waals surface area contributed by atoms with Crippen LogP contribution in [0, 0.1) is 2.59 Å². The minimum absolute atomic E-state index is 0.624. The van der Waals surface area contributed by atoms with E-state index in [-0.39, 0.29) is 0 Å². The zero-order chi connectivity index (χ0) is 9.40. The van der Waals surface area contributed by atoms with Crippen LogP contribution in [0.15, 0.2) is 36.0 Å². The van der Waals surface area contributed by atoms with E-state index in [0.717, 1.165) is 36.7 Å². The van der Waals surface area contributed by atoms with Crippen LogP contribution < -0.4 is 5.73 Å². The van der Waals surface area contributed by atoms with Crippen molar-refractivity contribution in [3.8, 4) is 2.59 Å². The fourth-order valence-electron chi connectivity index (χ4n) is 0.777. The standard InChI is InChI=1S/C10H14N.Y/c1-4-6-7-10(5-2)9(3)8-11;/h4,6-7H,1,5,8,11H2,3H3;/b7-6-,10-9+;. The van der Waals surface area contributed by atoms with E-state index in [1.54, 1.807) is 6.08 Å². The Kier molecular flexibility index (Phi) is 7.74. The number of hydrogen-bond donors (Lipinski definition) is 1. The van der Waals surface area contributed by atoms with E-state index in [2.05, 4.69) is 22.2 Å². The molecular weight excluding hydrogens is 223 g/mol. The summed E-state index contributed by atoms with van der Waals surface area (Å²) in [5, 5.41) is 0. The molecule has 0 aromatic heterocycles. The molecule has 0 aliphatic carbocycles. The van der Waals surface area contributed by atoms with Crippen LogP contribution in [0.1, 0.15) is 13.3 Å². The minimum atomic E-state index is 0.624. The van der Waals surface area contributed by atoms with Gasteiger partial charge in [0.2, 0.25) is 0 Å². The first-order chi connectivity index (χ1) is 5.76. The SMILES string of the molecule is C=C/C=C\C(C[C]#[Y])=C(/C)CN.